The van der Waals surface area contributed by atoms with Crippen LogP contribution >= 0.6 is 7.91 Å². The van der Waals surface area contributed by atoms with E-state index in [0.717, 1.165) is 6.54 Å². The van der Waals surface area contributed by atoms with E-state index in [1.807, 2.05) is 0 Å². The average Bonchev–Trinajstić information content (AvgIpc) is 2.49. The topological polar surface area (TPSA) is 83.6 Å². The van der Waals surface area contributed by atoms with Crippen LogP contribution in [-0.4, -0.2) is 16.3 Å². The number of halogens is 1. The van der Waals surface area contributed by atoms with Crippen molar-refractivity contribution in [3.8, 4) is 0 Å². The van der Waals surface area contributed by atoms with Gasteiger partial charge in [0.05, 0.1) is 0 Å². The monoisotopic (exact) mass is 367 g/mol. The lowest BCUT2D eigenvalue weighted by molar-refractivity contribution is 0.322. The van der Waals surface area contributed by atoms with Crippen molar-refractivity contribution < 1.29 is 18.5 Å². The zero-order chi connectivity index (χ0) is 18.5. The molecule has 0 unspecified atom stereocenters. The Hall–Kier alpha value is -0.220. The zero-order valence-corrected chi connectivity index (χ0v) is 16.4. The molecule has 0 heterocycles. The summed E-state index contributed by atoms with van der Waals surface area (Å²) in [5.74, 6) is 0. The van der Waals surface area contributed by atoms with Crippen LogP contribution in [0.1, 0.15) is 96.8 Å². The van der Waals surface area contributed by atoms with Crippen molar-refractivity contribution in [2.75, 3.05) is 6.54 Å². The van der Waals surface area contributed by atoms with E-state index in [4.69, 9.17) is 20.1 Å². The molecule has 0 fully saturated rings. The van der Waals surface area contributed by atoms with Crippen LogP contribution in [0, 0.1) is 0 Å². The van der Waals surface area contributed by atoms with Crippen molar-refractivity contribution in [2.45, 2.75) is 96.8 Å². The first kappa shape index (κ1) is 26.0. The SMILES string of the molecule is CCCCCCCC/C=C\CCCCCCCCN.O=P(O)(O)F. The summed E-state index contributed by atoms with van der Waals surface area (Å²) in [7, 11) is -5.14. The molecule has 0 atom stereocenters. The van der Waals surface area contributed by atoms with Crippen LogP contribution in [0.4, 0.5) is 4.20 Å². The Morgan fingerprint density at radius 2 is 1.12 bits per heavy atom. The highest BCUT2D eigenvalue weighted by molar-refractivity contribution is 7.45. The number of nitrogens with two attached hydrogens (primary N) is 1. The summed E-state index contributed by atoms with van der Waals surface area (Å²) in [4.78, 5) is 13.9. The summed E-state index contributed by atoms with van der Waals surface area (Å²) in [6.45, 7) is 3.14. The Kier molecular flexibility index (Phi) is 22.6. The maximum absolute atomic E-state index is 10.4. The van der Waals surface area contributed by atoms with Crippen LogP contribution in [0.3, 0.4) is 0 Å². The molecule has 0 aromatic carbocycles. The molecule has 4 N–H and O–H groups in total. The third kappa shape index (κ3) is 37.8. The molecule has 0 aliphatic heterocycles. The largest absolute Gasteiger partial charge is 0.507 e. The average molecular weight is 367 g/mol. The normalized spacial score (nSPS) is 11.5. The molecule has 0 spiro atoms. The molecule has 146 valence electrons. The first-order valence-corrected chi connectivity index (χ1v) is 11.0. The highest BCUT2D eigenvalue weighted by Gasteiger charge is 2.04. The summed E-state index contributed by atoms with van der Waals surface area (Å²) in [5, 5.41) is 0. The Morgan fingerprint density at radius 1 is 0.792 bits per heavy atom. The van der Waals surface area contributed by atoms with Crippen LogP contribution in [0.15, 0.2) is 12.2 Å². The third-order valence-electron chi connectivity index (χ3n) is 3.72. The molecule has 0 rings (SSSR count). The molecule has 0 saturated heterocycles. The predicted octanol–water partition coefficient (Wildman–Crippen LogP) is 6.03. The molecule has 0 aromatic rings. The highest BCUT2D eigenvalue weighted by atomic mass is 31.2. The number of hydrogen-bond acceptors (Lipinski definition) is 2. The Bertz CT molecular complexity index is 300. The maximum Gasteiger partial charge on any atom is 0.507 e. The van der Waals surface area contributed by atoms with Crippen LogP contribution in [0.25, 0.3) is 0 Å². The van der Waals surface area contributed by atoms with Gasteiger partial charge in [0, 0.05) is 0 Å². The van der Waals surface area contributed by atoms with Crippen molar-refractivity contribution >= 4 is 7.91 Å². The minimum Gasteiger partial charge on any atom is -0.330 e. The molecule has 0 radical (unpaired) electrons. The Labute approximate surface area is 148 Å². The van der Waals surface area contributed by atoms with E-state index in [2.05, 4.69) is 19.1 Å². The second kappa shape index (κ2) is 20.8. The van der Waals surface area contributed by atoms with Gasteiger partial charge in [-0.3, -0.25) is 9.79 Å². The fourth-order valence-electron chi connectivity index (χ4n) is 2.39. The van der Waals surface area contributed by atoms with Gasteiger partial charge in [0.2, 0.25) is 0 Å². The van der Waals surface area contributed by atoms with Gasteiger partial charge in [0.25, 0.3) is 0 Å². The van der Waals surface area contributed by atoms with Gasteiger partial charge in [-0.05, 0) is 38.6 Å². The fraction of sp³-hybridized carbons (Fsp3) is 0.889. The molecule has 0 aliphatic rings. The van der Waals surface area contributed by atoms with E-state index in [-0.39, 0.29) is 0 Å². The zero-order valence-electron chi connectivity index (χ0n) is 15.5. The van der Waals surface area contributed by atoms with Gasteiger partial charge in [-0.15, -0.1) is 4.20 Å². The van der Waals surface area contributed by atoms with Crippen molar-refractivity contribution in [2.24, 2.45) is 5.73 Å². The fourth-order valence-corrected chi connectivity index (χ4v) is 2.39. The summed E-state index contributed by atoms with van der Waals surface area (Å²) in [6, 6.07) is 0. The maximum atomic E-state index is 10.4. The van der Waals surface area contributed by atoms with Gasteiger partial charge in [0.15, 0.2) is 0 Å². The lowest BCUT2D eigenvalue weighted by Crippen LogP contribution is -1.97. The molecule has 6 heteroatoms. The van der Waals surface area contributed by atoms with Crippen LogP contribution < -0.4 is 5.73 Å². The molecule has 0 aromatic heterocycles. The van der Waals surface area contributed by atoms with E-state index in [9.17, 15) is 4.20 Å². The van der Waals surface area contributed by atoms with Crippen LogP contribution in [0.2, 0.25) is 0 Å². The number of hydrogen-bond donors (Lipinski definition) is 3. The van der Waals surface area contributed by atoms with Crippen molar-refractivity contribution in [3.05, 3.63) is 12.2 Å². The van der Waals surface area contributed by atoms with Gasteiger partial charge >= 0.3 is 7.91 Å². The number of rotatable bonds is 15. The molecule has 4 nitrogen and oxygen atoms in total. The van der Waals surface area contributed by atoms with E-state index in [0.29, 0.717) is 0 Å². The standard InChI is InChI=1S/C18H37N.FH2O3P/c1-2-3-4-5-6-7-8-9-10-11-12-13-14-15-16-17-18-19;1-5(2,3)4/h9-10H,2-8,11-19H2,1H3;(H2,2,3,4)/b10-9-;. The summed E-state index contributed by atoms with van der Waals surface area (Å²) < 4.78 is 19.0. The summed E-state index contributed by atoms with van der Waals surface area (Å²) in [6.07, 6.45) is 23.9. The van der Waals surface area contributed by atoms with Crippen molar-refractivity contribution in [3.63, 3.8) is 0 Å². The number of unbranched alkanes of at least 4 members (excludes halogenated alkanes) is 12. The molecule has 0 aliphatic carbocycles. The van der Waals surface area contributed by atoms with Crippen molar-refractivity contribution in [1.29, 1.82) is 0 Å². The molecule has 24 heavy (non-hydrogen) atoms. The van der Waals surface area contributed by atoms with Gasteiger partial charge in [-0.25, -0.2) is 4.57 Å². The smallest absolute Gasteiger partial charge is 0.330 e. The molecule has 0 bridgehead atoms. The van der Waals surface area contributed by atoms with E-state index in [1.54, 1.807) is 0 Å². The lowest BCUT2D eigenvalue weighted by atomic mass is 10.1. The van der Waals surface area contributed by atoms with Gasteiger partial charge in [-0.2, -0.15) is 0 Å². The predicted molar refractivity (Wildman–Crippen MR) is 102 cm³/mol. The molecular formula is C18H39FNO3P. The third-order valence-corrected chi connectivity index (χ3v) is 3.72. The van der Waals surface area contributed by atoms with Gasteiger partial charge in [-0.1, -0.05) is 76.9 Å². The molecular weight excluding hydrogens is 328 g/mol. The quantitative estimate of drug-likeness (QED) is 0.187. The van der Waals surface area contributed by atoms with Crippen LogP contribution in [-0.2, 0) is 4.57 Å². The number of allylic oxidation sites excluding steroid dienone is 2. The minimum atomic E-state index is -5.14. The first-order valence-electron chi connectivity index (χ1n) is 9.52. The first-order chi connectivity index (χ1) is 11.4. The lowest BCUT2D eigenvalue weighted by Gasteiger charge is -1.99. The second-order valence-corrected chi connectivity index (χ2v) is 7.15. The molecule has 0 amide bonds. The summed E-state index contributed by atoms with van der Waals surface area (Å²) in [5.41, 5.74) is 5.47. The highest BCUT2D eigenvalue weighted by Crippen LogP contribution is 2.35. The van der Waals surface area contributed by atoms with E-state index in [1.165, 1.54) is 89.9 Å². The molecule has 0 saturated carbocycles. The minimum absolute atomic E-state index is 0.862. The Balaban J connectivity index is 0. The van der Waals surface area contributed by atoms with Gasteiger partial charge in [0.1, 0.15) is 0 Å². The van der Waals surface area contributed by atoms with Crippen LogP contribution in [0.5, 0.6) is 0 Å². The van der Waals surface area contributed by atoms with E-state index < -0.39 is 7.91 Å². The second-order valence-electron chi connectivity index (χ2n) is 6.20. The Morgan fingerprint density at radius 3 is 1.50 bits per heavy atom. The summed E-state index contributed by atoms with van der Waals surface area (Å²) >= 11 is 0. The van der Waals surface area contributed by atoms with E-state index >= 15 is 0 Å². The van der Waals surface area contributed by atoms with Gasteiger partial charge < -0.3 is 5.73 Å². The van der Waals surface area contributed by atoms with Crippen molar-refractivity contribution in [1.82, 2.24) is 0 Å².